The molecule has 4 rings (SSSR count). The van der Waals surface area contributed by atoms with Crippen molar-refractivity contribution in [3.63, 3.8) is 0 Å². The van der Waals surface area contributed by atoms with Crippen molar-refractivity contribution >= 4 is 93.2 Å². The molecule has 2 N–H and O–H groups in total. The van der Waals surface area contributed by atoms with Crippen LogP contribution >= 0.6 is 24.1 Å². The normalized spacial score (nSPS) is 12.3. The van der Waals surface area contributed by atoms with Gasteiger partial charge in [0.15, 0.2) is 0 Å². The van der Waals surface area contributed by atoms with E-state index in [0.717, 1.165) is 12.1 Å². The van der Waals surface area contributed by atoms with Gasteiger partial charge >= 0.3 is 0 Å². The predicted octanol–water partition coefficient (Wildman–Crippen LogP) is 2.83. The first kappa shape index (κ1) is 35.1. The molecule has 228 valence electrons. The molecule has 0 atom stereocenters. The van der Waals surface area contributed by atoms with Gasteiger partial charge in [-0.05, 0) is 52.6 Å². The zero-order valence-corrected chi connectivity index (χ0v) is 24.3. The molecule has 24 heteroatoms. The fourth-order valence-corrected chi connectivity index (χ4v) is 5.59. The second-order valence-corrected chi connectivity index (χ2v) is 11.9. The van der Waals surface area contributed by atoms with E-state index in [1.165, 1.54) is 36.4 Å². The van der Waals surface area contributed by atoms with Gasteiger partial charge in [0.1, 0.15) is 20.2 Å². The van der Waals surface area contributed by atoms with E-state index in [4.69, 9.17) is 26.5 Å². The summed E-state index contributed by atoms with van der Waals surface area (Å²) < 4.78 is 75.7. The van der Waals surface area contributed by atoms with Crippen LogP contribution < -0.4 is 10.2 Å². The van der Waals surface area contributed by atoms with E-state index in [-0.39, 0.29) is 27.2 Å². The molecule has 4 aromatic rings. The van der Waals surface area contributed by atoms with Gasteiger partial charge in [-0.15, -0.1) is 8.67 Å². The fourth-order valence-electron chi connectivity index (χ4n) is 3.54. The lowest BCUT2D eigenvalue weighted by Crippen LogP contribution is -2.05. The number of hydrogen-bond donors (Lipinski definition) is 2. The zero-order valence-electron chi connectivity index (χ0n) is 21.0. The Hall–Kier alpha value is -3.39. The van der Waals surface area contributed by atoms with Gasteiger partial charge < -0.3 is 19.3 Å². The van der Waals surface area contributed by atoms with Crippen LogP contribution in [-0.4, -0.2) is 52.4 Å². The minimum atomic E-state index is -5.00. The van der Waals surface area contributed by atoms with Gasteiger partial charge in [0.05, 0.1) is 40.4 Å². The summed E-state index contributed by atoms with van der Waals surface area (Å²) in [4.78, 5) is -1.03. The first-order valence-electron chi connectivity index (χ1n) is 10.8. The summed E-state index contributed by atoms with van der Waals surface area (Å²) in [6, 6.07) is 10.4. The maximum absolute atomic E-state index is 12.2. The van der Waals surface area contributed by atoms with Crippen LogP contribution in [0.25, 0.3) is 21.5 Å². The Balaban J connectivity index is 0.000000240. The van der Waals surface area contributed by atoms with Crippen molar-refractivity contribution in [3.8, 4) is 11.5 Å². The van der Waals surface area contributed by atoms with Crippen LogP contribution in [0.15, 0.2) is 88.4 Å². The number of nitrogens with zero attached hydrogens (tertiary/aromatic N) is 4. The third-order valence-electron chi connectivity index (χ3n) is 5.18. The first-order valence-corrected chi connectivity index (χ1v) is 15.1. The molecule has 0 aliphatic heterocycles. The second-order valence-electron chi connectivity index (χ2n) is 7.66. The van der Waals surface area contributed by atoms with Gasteiger partial charge in [0.2, 0.25) is 0 Å². The van der Waals surface area contributed by atoms with E-state index in [9.17, 15) is 36.2 Å². The van der Waals surface area contributed by atoms with E-state index in [2.05, 4.69) is 39.0 Å². The number of rotatable bonds is 10. The van der Waals surface area contributed by atoms with E-state index < -0.39 is 47.2 Å². The fraction of sp³-hybridized carbons (Fsp3) is 0. The van der Waals surface area contributed by atoms with E-state index in [0.29, 0.717) is 33.9 Å². The molecule has 0 aliphatic rings. The van der Waals surface area contributed by atoms with Gasteiger partial charge in [-0.1, -0.05) is 33.7 Å². The Morgan fingerprint density at radius 3 is 1.59 bits per heavy atom. The number of benzene rings is 4. The van der Waals surface area contributed by atoms with Gasteiger partial charge in [-0.25, -0.2) is 27.4 Å². The lowest BCUT2D eigenvalue weighted by molar-refractivity contribution is -0.432. The quantitative estimate of drug-likeness (QED) is 0.0608. The third kappa shape index (κ3) is 8.40. The SMILES string of the molecule is [B]N=Nc1c(S(=O)(=O)[O-])cc2cc(SOOO)ccc2c1[O-].[B]N=Nc1c([O-])c(S(=O)(=O)[O-])cc2cc(SOOO)ccc12. The Kier molecular flexibility index (Phi) is 12.0. The van der Waals surface area contributed by atoms with Crippen molar-refractivity contribution in [2.24, 2.45) is 20.3 Å². The monoisotopic (exact) mass is 680 g/mol. The molecule has 44 heavy (non-hydrogen) atoms. The Labute approximate surface area is 257 Å². The van der Waals surface area contributed by atoms with Crippen LogP contribution in [-0.2, 0) is 39.0 Å². The molecular formula is C20H10B2N4O14S4-4. The molecule has 0 heterocycles. The van der Waals surface area contributed by atoms with Crippen molar-refractivity contribution in [1.29, 1.82) is 0 Å². The van der Waals surface area contributed by atoms with Crippen molar-refractivity contribution in [1.82, 2.24) is 0 Å². The lowest BCUT2D eigenvalue weighted by atomic mass is 10.1. The minimum absolute atomic E-state index is 0.101. The lowest BCUT2D eigenvalue weighted by Gasteiger charge is -2.20. The van der Waals surface area contributed by atoms with Gasteiger partial charge in [-0.2, -0.15) is 10.2 Å². The molecule has 0 aromatic heterocycles. The summed E-state index contributed by atoms with van der Waals surface area (Å²) in [7, 11) is -0.236. The summed E-state index contributed by atoms with van der Waals surface area (Å²) in [6.45, 7) is 0. The molecule has 4 radical (unpaired) electrons. The van der Waals surface area contributed by atoms with Gasteiger partial charge in [0, 0.05) is 20.1 Å². The summed E-state index contributed by atoms with van der Waals surface area (Å²) in [6.07, 6.45) is 0. The maximum Gasteiger partial charge on any atom is 0.293 e. The van der Waals surface area contributed by atoms with Crippen molar-refractivity contribution < 1.29 is 65.4 Å². The second kappa shape index (κ2) is 15.1. The first-order chi connectivity index (χ1) is 20.8. The largest absolute Gasteiger partial charge is 0.871 e. The van der Waals surface area contributed by atoms with E-state index >= 15 is 0 Å². The topological polar surface area (TPSA) is 287 Å². The molecular weight excluding hydrogens is 670 g/mol. The summed E-state index contributed by atoms with van der Waals surface area (Å²) >= 11 is 1.22. The molecule has 0 amide bonds. The van der Waals surface area contributed by atoms with Crippen LogP contribution in [0.5, 0.6) is 11.5 Å². The predicted molar refractivity (Wildman–Crippen MR) is 145 cm³/mol. The van der Waals surface area contributed by atoms with E-state index in [1.54, 1.807) is 0 Å². The third-order valence-corrected chi connectivity index (χ3v) is 8.02. The standard InChI is InChI=1S/2C10H7BN2O7S2/c11-13-12-9-8(22(16,17)18)4-5-3-6(21-20-19-15)1-2-7(5)10(9)14;11-13-12-9-7-2-1-6(21-20-19-15)3-5(7)4-8(10(9)14)22(16,17)18/h2*1-4,14-15H,(H,16,17,18)/p-4. The highest BCUT2D eigenvalue weighted by molar-refractivity contribution is 7.94. The Bertz CT molecular complexity index is 1960. The molecule has 0 saturated carbocycles. The average Bonchev–Trinajstić information content (AvgIpc) is 2.96. The molecule has 0 spiro atoms. The van der Waals surface area contributed by atoms with Crippen LogP contribution in [0, 0.1) is 0 Å². The highest BCUT2D eigenvalue weighted by Gasteiger charge is 2.14. The number of fused-ring (bicyclic) bond motifs is 2. The zero-order chi connectivity index (χ0) is 32.7. The summed E-state index contributed by atoms with van der Waals surface area (Å²) in [5, 5.41) is 60.4. The molecule has 0 aliphatic carbocycles. The van der Waals surface area contributed by atoms with Crippen LogP contribution in [0.2, 0.25) is 0 Å². The minimum Gasteiger partial charge on any atom is -0.871 e. The number of hydrogen-bond acceptors (Lipinski definition) is 20. The average molecular weight is 680 g/mol. The summed E-state index contributed by atoms with van der Waals surface area (Å²) in [5.74, 6) is -1.90. The van der Waals surface area contributed by atoms with Gasteiger partial charge in [0.25, 0.3) is 16.0 Å². The maximum atomic E-state index is 12.2. The molecule has 0 bridgehead atoms. The van der Waals surface area contributed by atoms with Crippen molar-refractivity contribution in [3.05, 3.63) is 48.5 Å². The van der Waals surface area contributed by atoms with Crippen LogP contribution in [0.1, 0.15) is 0 Å². The summed E-state index contributed by atoms with van der Waals surface area (Å²) in [5.41, 5.74) is -1.02. The smallest absolute Gasteiger partial charge is 0.293 e. The molecule has 0 saturated heterocycles. The van der Waals surface area contributed by atoms with Crippen LogP contribution in [0.4, 0.5) is 11.4 Å². The van der Waals surface area contributed by atoms with Crippen molar-refractivity contribution in [2.45, 2.75) is 19.6 Å². The highest BCUT2D eigenvalue weighted by Crippen LogP contribution is 2.41. The molecule has 0 unspecified atom stereocenters. The molecule has 4 aromatic carbocycles. The van der Waals surface area contributed by atoms with Crippen LogP contribution in [0.3, 0.4) is 0 Å². The molecule has 18 nitrogen and oxygen atoms in total. The Morgan fingerprint density at radius 1 is 0.659 bits per heavy atom. The van der Waals surface area contributed by atoms with Gasteiger partial charge in [-0.3, -0.25) is 10.1 Å². The molecule has 0 fully saturated rings. The van der Waals surface area contributed by atoms with E-state index in [1.807, 2.05) is 0 Å². The Morgan fingerprint density at radius 2 is 1.11 bits per heavy atom. The van der Waals surface area contributed by atoms with Crippen molar-refractivity contribution in [2.75, 3.05) is 0 Å². The highest BCUT2D eigenvalue weighted by atomic mass is 32.2.